The fourth-order valence-corrected chi connectivity index (χ4v) is 1.87. The van der Waals surface area contributed by atoms with E-state index < -0.39 is 0 Å². The van der Waals surface area contributed by atoms with Crippen LogP contribution < -0.4 is 10.1 Å². The molecule has 0 bridgehead atoms. The molecule has 0 spiro atoms. The molecule has 18 heavy (non-hydrogen) atoms. The van der Waals surface area contributed by atoms with E-state index in [1.54, 1.807) is 18.3 Å². The Balaban J connectivity index is 2.21. The largest absolute Gasteiger partial charge is 0.480 e. The summed E-state index contributed by atoms with van der Waals surface area (Å²) in [7, 11) is 1.47. The SMILES string of the molecule is COc1ncccc1C(=O)N1CCCNC(=O)C1. The van der Waals surface area contributed by atoms with Gasteiger partial charge in [-0.3, -0.25) is 9.59 Å². The van der Waals surface area contributed by atoms with Gasteiger partial charge in [-0.2, -0.15) is 0 Å². The third-order valence-corrected chi connectivity index (χ3v) is 2.74. The highest BCUT2D eigenvalue weighted by Crippen LogP contribution is 2.16. The first-order valence-corrected chi connectivity index (χ1v) is 5.77. The minimum absolute atomic E-state index is 0.0802. The maximum absolute atomic E-state index is 12.3. The molecule has 0 atom stereocenters. The molecule has 1 N–H and O–H groups in total. The van der Waals surface area contributed by atoms with Gasteiger partial charge in [-0.25, -0.2) is 4.98 Å². The summed E-state index contributed by atoms with van der Waals surface area (Å²) in [6, 6.07) is 3.32. The molecule has 0 saturated carbocycles. The molecular formula is C12H15N3O3. The van der Waals surface area contributed by atoms with Gasteiger partial charge in [0.1, 0.15) is 5.56 Å². The average molecular weight is 249 g/mol. The molecule has 2 rings (SSSR count). The molecule has 0 unspecified atom stereocenters. The van der Waals surface area contributed by atoms with Crippen LogP contribution in [0, 0.1) is 0 Å². The first-order chi connectivity index (χ1) is 8.72. The smallest absolute Gasteiger partial charge is 0.259 e. The van der Waals surface area contributed by atoms with Crippen LogP contribution in [0.3, 0.4) is 0 Å². The number of hydrogen-bond acceptors (Lipinski definition) is 4. The number of nitrogens with one attached hydrogen (secondary N) is 1. The summed E-state index contributed by atoms with van der Waals surface area (Å²) in [5.41, 5.74) is 0.384. The summed E-state index contributed by atoms with van der Waals surface area (Å²) < 4.78 is 5.06. The quantitative estimate of drug-likeness (QED) is 0.804. The van der Waals surface area contributed by atoms with Crippen molar-refractivity contribution in [3.8, 4) is 5.88 Å². The van der Waals surface area contributed by atoms with Crippen LogP contribution in [-0.2, 0) is 4.79 Å². The highest BCUT2D eigenvalue weighted by Gasteiger charge is 2.23. The van der Waals surface area contributed by atoms with Crippen molar-refractivity contribution in [1.82, 2.24) is 15.2 Å². The van der Waals surface area contributed by atoms with Gasteiger partial charge in [0.2, 0.25) is 11.8 Å². The fourth-order valence-electron chi connectivity index (χ4n) is 1.87. The monoisotopic (exact) mass is 249 g/mol. The Labute approximate surface area is 105 Å². The topological polar surface area (TPSA) is 71.5 Å². The van der Waals surface area contributed by atoms with Crippen LogP contribution in [0.5, 0.6) is 5.88 Å². The molecule has 2 heterocycles. The van der Waals surface area contributed by atoms with Crippen molar-refractivity contribution >= 4 is 11.8 Å². The molecule has 6 nitrogen and oxygen atoms in total. The number of aromatic nitrogens is 1. The first kappa shape index (κ1) is 12.3. The zero-order valence-electron chi connectivity index (χ0n) is 10.2. The molecule has 1 aromatic heterocycles. The predicted molar refractivity (Wildman–Crippen MR) is 64.3 cm³/mol. The molecule has 0 aromatic carbocycles. The van der Waals surface area contributed by atoms with E-state index in [0.717, 1.165) is 6.42 Å². The van der Waals surface area contributed by atoms with E-state index in [-0.39, 0.29) is 24.2 Å². The lowest BCUT2D eigenvalue weighted by Gasteiger charge is -2.19. The maximum Gasteiger partial charge on any atom is 0.259 e. The average Bonchev–Trinajstić information content (AvgIpc) is 2.62. The number of methoxy groups -OCH3 is 1. The summed E-state index contributed by atoms with van der Waals surface area (Å²) in [6.07, 6.45) is 2.31. The minimum Gasteiger partial charge on any atom is -0.480 e. The van der Waals surface area contributed by atoms with Gasteiger partial charge in [0, 0.05) is 19.3 Å². The molecule has 0 aliphatic carbocycles. The molecule has 1 aliphatic heterocycles. The van der Waals surface area contributed by atoms with E-state index in [0.29, 0.717) is 18.7 Å². The zero-order chi connectivity index (χ0) is 13.0. The van der Waals surface area contributed by atoms with Crippen LogP contribution in [-0.4, -0.2) is 48.4 Å². The zero-order valence-corrected chi connectivity index (χ0v) is 10.2. The van der Waals surface area contributed by atoms with E-state index in [4.69, 9.17) is 4.74 Å². The Morgan fingerprint density at radius 3 is 3.17 bits per heavy atom. The third-order valence-electron chi connectivity index (χ3n) is 2.74. The van der Waals surface area contributed by atoms with Crippen LogP contribution in [0.4, 0.5) is 0 Å². The van der Waals surface area contributed by atoms with Crippen molar-refractivity contribution in [3.63, 3.8) is 0 Å². The number of ether oxygens (including phenoxy) is 1. The Kier molecular flexibility index (Phi) is 3.76. The summed E-state index contributed by atoms with van der Waals surface area (Å²) >= 11 is 0. The number of amides is 2. The second-order valence-electron chi connectivity index (χ2n) is 3.99. The molecule has 1 aromatic rings. The second-order valence-corrected chi connectivity index (χ2v) is 3.99. The van der Waals surface area contributed by atoms with Crippen LogP contribution in [0.15, 0.2) is 18.3 Å². The number of hydrogen-bond donors (Lipinski definition) is 1. The molecule has 1 aliphatic rings. The number of carbonyl (C=O) groups excluding carboxylic acids is 2. The van der Waals surface area contributed by atoms with E-state index in [9.17, 15) is 9.59 Å². The fraction of sp³-hybridized carbons (Fsp3) is 0.417. The predicted octanol–water partition coefficient (Wildman–Crippen LogP) is 0.0523. The second kappa shape index (κ2) is 5.48. The van der Waals surface area contributed by atoms with Crippen molar-refractivity contribution in [2.45, 2.75) is 6.42 Å². The standard InChI is InChI=1S/C12H15N3O3/c1-18-11-9(4-2-5-14-11)12(17)15-7-3-6-13-10(16)8-15/h2,4-5H,3,6-8H2,1H3,(H,13,16). The van der Waals surface area contributed by atoms with Crippen molar-refractivity contribution in [1.29, 1.82) is 0 Å². The lowest BCUT2D eigenvalue weighted by atomic mass is 10.2. The highest BCUT2D eigenvalue weighted by atomic mass is 16.5. The summed E-state index contributed by atoms with van der Waals surface area (Å²) in [4.78, 5) is 29.2. The molecule has 1 fully saturated rings. The van der Waals surface area contributed by atoms with Crippen molar-refractivity contribution in [3.05, 3.63) is 23.9 Å². The normalized spacial score (nSPS) is 15.8. The van der Waals surface area contributed by atoms with E-state index >= 15 is 0 Å². The lowest BCUT2D eigenvalue weighted by Crippen LogP contribution is -2.37. The molecule has 6 heteroatoms. The van der Waals surface area contributed by atoms with Crippen LogP contribution in [0.1, 0.15) is 16.8 Å². The van der Waals surface area contributed by atoms with Gasteiger partial charge in [0.15, 0.2) is 0 Å². The van der Waals surface area contributed by atoms with Gasteiger partial charge >= 0.3 is 0 Å². The van der Waals surface area contributed by atoms with E-state index in [1.165, 1.54) is 12.0 Å². The first-order valence-electron chi connectivity index (χ1n) is 5.77. The van der Waals surface area contributed by atoms with Gasteiger partial charge < -0.3 is 15.0 Å². The van der Waals surface area contributed by atoms with E-state index in [2.05, 4.69) is 10.3 Å². The lowest BCUT2D eigenvalue weighted by molar-refractivity contribution is -0.121. The number of nitrogens with zero attached hydrogens (tertiary/aromatic N) is 2. The number of rotatable bonds is 2. The van der Waals surface area contributed by atoms with Gasteiger partial charge in [0.05, 0.1) is 13.7 Å². The Hall–Kier alpha value is -2.11. The molecule has 2 amide bonds. The van der Waals surface area contributed by atoms with Crippen molar-refractivity contribution in [2.75, 3.05) is 26.7 Å². The summed E-state index contributed by atoms with van der Waals surface area (Å²) in [5, 5.41) is 2.73. The van der Waals surface area contributed by atoms with E-state index in [1.807, 2.05) is 0 Å². The van der Waals surface area contributed by atoms with Crippen LogP contribution in [0.25, 0.3) is 0 Å². The Bertz CT molecular complexity index is 462. The van der Waals surface area contributed by atoms with Crippen LogP contribution >= 0.6 is 0 Å². The van der Waals surface area contributed by atoms with Gasteiger partial charge in [-0.15, -0.1) is 0 Å². The molecule has 1 saturated heterocycles. The van der Waals surface area contributed by atoms with Crippen LogP contribution in [0.2, 0.25) is 0 Å². The number of pyridine rings is 1. The molecule has 96 valence electrons. The Morgan fingerprint density at radius 1 is 1.56 bits per heavy atom. The summed E-state index contributed by atoms with van der Waals surface area (Å²) in [6.45, 7) is 1.24. The van der Waals surface area contributed by atoms with Gasteiger partial charge in [-0.05, 0) is 18.6 Å². The minimum atomic E-state index is -0.225. The summed E-state index contributed by atoms with van der Waals surface area (Å²) in [5.74, 6) is -0.0761. The Morgan fingerprint density at radius 2 is 2.39 bits per heavy atom. The number of carbonyl (C=O) groups is 2. The van der Waals surface area contributed by atoms with Crippen molar-refractivity contribution < 1.29 is 14.3 Å². The third kappa shape index (κ3) is 2.58. The van der Waals surface area contributed by atoms with Crippen molar-refractivity contribution in [2.24, 2.45) is 0 Å². The molecular weight excluding hydrogens is 234 g/mol. The molecule has 0 radical (unpaired) electrons. The highest BCUT2D eigenvalue weighted by molar-refractivity contribution is 5.98. The van der Waals surface area contributed by atoms with Gasteiger partial charge in [0.25, 0.3) is 5.91 Å². The maximum atomic E-state index is 12.3. The van der Waals surface area contributed by atoms with Gasteiger partial charge in [-0.1, -0.05) is 0 Å².